The highest BCUT2D eigenvalue weighted by molar-refractivity contribution is 5.67. The summed E-state index contributed by atoms with van der Waals surface area (Å²) in [4.78, 5) is 17.5. The first kappa shape index (κ1) is 17.0. The van der Waals surface area contributed by atoms with Crippen LogP contribution in [-0.4, -0.2) is 30.4 Å². The van der Waals surface area contributed by atoms with Crippen molar-refractivity contribution >= 4 is 6.09 Å². The van der Waals surface area contributed by atoms with Crippen molar-refractivity contribution in [2.45, 2.75) is 33.0 Å². The lowest BCUT2D eigenvalue weighted by Crippen LogP contribution is -2.36. The summed E-state index contributed by atoms with van der Waals surface area (Å²) in [5.74, 6) is 0.772. The molecule has 0 radical (unpaired) electrons. The quantitative estimate of drug-likeness (QED) is 0.594. The summed E-state index contributed by atoms with van der Waals surface area (Å²) in [6.45, 7) is 9.55. The number of benzene rings is 1. The third-order valence-electron chi connectivity index (χ3n) is 2.44. The Morgan fingerprint density at radius 2 is 1.90 bits per heavy atom. The number of hydroxylamine groups is 2. The van der Waals surface area contributed by atoms with Gasteiger partial charge in [-0.05, 0) is 38.5 Å². The molecule has 1 rings (SSSR count). The van der Waals surface area contributed by atoms with E-state index in [0.717, 1.165) is 16.4 Å². The average Bonchev–Trinajstić information content (AvgIpc) is 2.42. The number of carbonyl (C=O) groups is 1. The molecule has 0 N–H and O–H groups in total. The molecule has 0 aliphatic rings. The first-order chi connectivity index (χ1) is 9.85. The number of carbonyl (C=O) groups excluding carboxylic acids is 1. The van der Waals surface area contributed by atoms with Gasteiger partial charge >= 0.3 is 6.09 Å². The second kappa shape index (κ2) is 7.69. The van der Waals surface area contributed by atoms with Crippen molar-refractivity contribution in [2.75, 3.05) is 13.7 Å². The van der Waals surface area contributed by atoms with Gasteiger partial charge < -0.3 is 9.47 Å². The van der Waals surface area contributed by atoms with Crippen LogP contribution >= 0.6 is 0 Å². The Hall–Kier alpha value is -2.01. The maximum absolute atomic E-state index is 12.0. The molecule has 0 fully saturated rings. The van der Waals surface area contributed by atoms with E-state index in [1.807, 2.05) is 24.3 Å². The highest BCUT2D eigenvalue weighted by Gasteiger charge is 2.22. The van der Waals surface area contributed by atoms with Gasteiger partial charge in [0, 0.05) is 0 Å². The van der Waals surface area contributed by atoms with Gasteiger partial charge in [0.05, 0.1) is 13.7 Å². The maximum atomic E-state index is 12.0. The van der Waals surface area contributed by atoms with E-state index in [0.29, 0.717) is 0 Å². The van der Waals surface area contributed by atoms with Gasteiger partial charge in [0.2, 0.25) is 0 Å². The smallest absolute Gasteiger partial charge is 0.434 e. The second-order valence-corrected chi connectivity index (χ2v) is 5.45. The van der Waals surface area contributed by atoms with Crippen LogP contribution in [0.1, 0.15) is 26.3 Å². The third-order valence-corrected chi connectivity index (χ3v) is 2.44. The lowest BCUT2D eigenvalue weighted by atomic mass is 10.2. The van der Waals surface area contributed by atoms with Crippen molar-refractivity contribution in [1.29, 1.82) is 0 Å². The van der Waals surface area contributed by atoms with E-state index in [1.54, 1.807) is 34.0 Å². The zero-order chi connectivity index (χ0) is 15.9. The number of amides is 1. The molecule has 0 atom stereocenters. The van der Waals surface area contributed by atoms with Gasteiger partial charge in [-0.3, -0.25) is 4.84 Å². The number of rotatable bonds is 6. The molecule has 0 bridgehead atoms. The van der Waals surface area contributed by atoms with Crippen LogP contribution in [0.2, 0.25) is 0 Å². The Morgan fingerprint density at radius 3 is 2.38 bits per heavy atom. The van der Waals surface area contributed by atoms with Crippen LogP contribution in [0.3, 0.4) is 0 Å². The van der Waals surface area contributed by atoms with Crippen molar-refractivity contribution in [3.05, 3.63) is 42.5 Å². The minimum Gasteiger partial charge on any atom is -0.497 e. The molecular weight excluding hydrogens is 270 g/mol. The van der Waals surface area contributed by atoms with Gasteiger partial charge in [0.1, 0.15) is 18.0 Å². The number of methoxy groups -OCH3 is 1. The number of hydrogen-bond acceptors (Lipinski definition) is 4. The van der Waals surface area contributed by atoms with Crippen LogP contribution in [0.4, 0.5) is 4.79 Å². The Morgan fingerprint density at radius 1 is 1.29 bits per heavy atom. The minimum atomic E-state index is -0.569. The lowest BCUT2D eigenvalue weighted by Gasteiger charge is -2.25. The summed E-state index contributed by atoms with van der Waals surface area (Å²) >= 11 is 0. The summed E-state index contributed by atoms with van der Waals surface area (Å²) in [7, 11) is 1.61. The first-order valence-electron chi connectivity index (χ1n) is 6.73. The fraction of sp³-hybridized carbons (Fsp3) is 0.438. The van der Waals surface area contributed by atoms with Crippen LogP contribution in [0, 0.1) is 0 Å². The van der Waals surface area contributed by atoms with Crippen molar-refractivity contribution < 1.29 is 19.1 Å². The first-order valence-corrected chi connectivity index (χ1v) is 6.73. The number of ether oxygens (including phenoxy) is 2. The predicted molar refractivity (Wildman–Crippen MR) is 80.9 cm³/mol. The molecule has 5 heteroatoms. The monoisotopic (exact) mass is 293 g/mol. The summed E-state index contributed by atoms with van der Waals surface area (Å²) in [5.41, 5.74) is 0.355. The average molecular weight is 293 g/mol. The summed E-state index contributed by atoms with van der Waals surface area (Å²) in [5, 5.41) is 1.16. The highest BCUT2D eigenvalue weighted by Crippen LogP contribution is 2.14. The molecular formula is C16H23NO4. The van der Waals surface area contributed by atoms with E-state index < -0.39 is 11.7 Å². The summed E-state index contributed by atoms with van der Waals surface area (Å²) in [6, 6.07) is 7.42. The van der Waals surface area contributed by atoms with E-state index in [-0.39, 0.29) is 13.2 Å². The topological polar surface area (TPSA) is 48.0 Å². The molecule has 0 aliphatic heterocycles. The molecule has 1 amide bonds. The van der Waals surface area contributed by atoms with Crippen LogP contribution in [-0.2, 0) is 16.2 Å². The van der Waals surface area contributed by atoms with Crippen LogP contribution in [0.5, 0.6) is 5.75 Å². The van der Waals surface area contributed by atoms with Crippen LogP contribution in [0.25, 0.3) is 0 Å². The molecule has 1 aromatic rings. The van der Waals surface area contributed by atoms with Crippen molar-refractivity contribution in [3.8, 4) is 5.75 Å². The normalized spacial score (nSPS) is 10.9. The largest absolute Gasteiger partial charge is 0.497 e. The second-order valence-electron chi connectivity index (χ2n) is 5.45. The SMILES string of the molecule is C=CCN(OCc1ccc(OC)cc1)C(=O)OC(C)(C)C. The van der Waals surface area contributed by atoms with E-state index in [4.69, 9.17) is 14.3 Å². The molecule has 1 aromatic carbocycles. The van der Waals surface area contributed by atoms with E-state index in [9.17, 15) is 4.79 Å². The number of nitrogens with zero attached hydrogens (tertiary/aromatic N) is 1. The highest BCUT2D eigenvalue weighted by atomic mass is 16.7. The predicted octanol–water partition coefficient (Wildman–Crippen LogP) is 3.55. The molecule has 5 nitrogen and oxygen atoms in total. The molecule has 21 heavy (non-hydrogen) atoms. The summed E-state index contributed by atoms with van der Waals surface area (Å²) < 4.78 is 10.4. The minimum absolute atomic E-state index is 0.255. The van der Waals surface area contributed by atoms with Crippen molar-refractivity contribution in [2.24, 2.45) is 0 Å². The van der Waals surface area contributed by atoms with Crippen molar-refractivity contribution in [1.82, 2.24) is 5.06 Å². The number of hydrogen-bond donors (Lipinski definition) is 0. The molecule has 0 saturated carbocycles. The van der Waals surface area contributed by atoms with Crippen molar-refractivity contribution in [3.63, 3.8) is 0 Å². The fourth-order valence-corrected chi connectivity index (χ4v) is 1.48. The molecule has 0 aromatic heterocycles. The third kappa shape index (κ3) is 6.31. The van der Waals surface area contributed by atoms with Crippen LogP contribution < -0.4 is 4.74 Å². The Kier molecular flexibility index (Phi) is 6.24. The zero-order valence-corrected chi connectivity index (χ0v) is 13.1. The Bertz CT molecular complexity index is 462. The van der Waals surface area contributed by atoms with Gasteiger partial charge in [-0.25, -0.2) is 4.79 Å². The fourth-order valence-electron chi connectivity index (χ4n) is 1.48. The summed E-state index contributed by atoms with van der Waals surface area (Å²) in [6.07, 6.45) is 1.05. The van der Waals surface area contributed by atoms with Gasteiger partial charge in [0.25, 0.3) is 0 Å². The van der Waals surface area contributed by atoms with E-state index in [1.165, 1.54) is 0 Å². The lowest BCUT2D eigenvalue weighted by molar-refractivity contribution is -0.149. The molecule has 116 valence electrons. The molecule has 0 spiro atoms. The van der Waals surface area contributed by atoms with Crippen LogP contribution in [0.15, 0.2) is 36.9 Å². The van der Waals surface area contributed by atoms with Gasteiger partial charge in [-0.2, -0.15) is 5.06 Å². The van der Waals surface area contributed by atoms with E-state index >= 15 is 0 Å². The van der Waals surface area contributed by atoms with Gasteiger partial charge in [0.15, 0.2) is 0 Å². The Labute approximate surface area is 126 Å². The standard InChI is InChI=1S/C16H23NO4/c1-6-11-17(15(18)21-16(2,3)4)20-12-13-7-9-14(19-5)10-8-13/h6-10H,1,11-12H2,2-5H3. The Balaban J connectivity index is 2.61. The van der Waals surface area contributed by atoms with E-state index in [2.05, 4.69) is 6.58 Å². The molecule has 0 unspecified atom stereocenters. The molecule has 0 heterocycles. The maximum Gasteiger partial charge on any atom is 0.434 e. The molecule has 0 saturated heterocycles. The zero-order valence-electron chi connectivity index (χ0n) is 13.1. The van der Waals surface area contributed by atoms with Gasteiger partial charge in [-0.1, -0.05) is 18.2 Å². The molecule has 0 aliphatic carbocycles. The van der Waals surface area contributed by atoms with Gasteiger partial charge in [-0.15, -0.1) is 6.58 Å².